The summed E-state index contributed by atoms with van der Waals surface area (Å²) in [5, 5.41) is 1.00. The van der Waals surface area contributed by atoms with Crippen molar-refractivity contribution in [3.63, 3.8) is 0 Å². The van der Waals surface area contributed by atoms with Gasteiger partial charge in [-0.2, -0.15) is 0 Å². The molecule has 0 spiro atoms. The van der Waals surface area contributed by atoms with Crippen molar-refractivity contribution in [2.45, 2.75) is 13.5 Å². The van der Waals surface area contributed by atoms with Gasteiger partial charge >= 0.3 is 5.97 Å². The van der Waals surface area contributed by atoms with Gasteiger partial charge in [0, 0.05) is 21.3 Å². The molecule has 0 aliphatic heterocycles. The lowest BCUT2D eigenvalue weighted by Gasteiger charge is -2.24. The number of ether oxygens (including phenoxy) is 1. The third kappa shape index (κ3) is 5.17. The molecule has 0 aliphatic carbocycles. The Morgan fingerprint density at radius 1 is 0.897 bits per heavy atom. The second-order valence-corrected chi connectivity index (χ2v) is 7.10. The van der Waals surface area contributed by atoms with Crippen LogP contribution >= 0.6 is 23.2 Å². The first kappa shape index (κ1) is 20.9. The molecular formula is C23H19Cl2NO3. The first-order valence-corrected chi connectivity index (χ1v) is 9.83. The van der Waals surface area contributed by atoms with Crippen LogP contribution in [0.3, 0.4) is 0 Å². The molecule has 4 nitrogen and oxygen atoms in total. The van der Waals surface area contributed by atoms with E-state index in [0.717, 1.165) is 5.56 Å². The summed E-state index contributed by atoms with van der Waals surface area (Å²) in [6.45, 7) is 2.30. The van der Waals surface area contributed by atoms with Gasteiger partial charge < -0.3 is 9.64 Å². The average Bonchev–Trinajstić information content (AvgIpc) is 2.74. The molecule has 0 aliphatic rings. The lowest BCUT2D eigenvalue weighted by molar-refractivity contribution is 0.0526. The van der Waals surface area contributed by atoms with Crippen molar-refractivity contribution in [1.29, 1.82) is 0 Å². The Balaban J connectivity index is 1.96. The second-order valence-electron chi connectivity index (χ2n) is 6.26. The van der Waals surface area contributed by atoms with Crippen LogP contribution in [0, 0.1) is 0 Å². The minimum atomic E-state index is -0.402. The van der Waals surface area contributed by atoms with E-state index in [0.29, 0.717) is 33.5 Å². The van der Waals surface area contributed by atoms with Gasteiger partial charge in [-0.05, 0) is 61.0 Å². The second kappa shape index (κ2) is 9.59. The highest BCUT2D eigenvalue weighted by Gasteiger charge is 2.20. The van der Waals surface area contributed by atoms with E-state index in [4.69, 9.17) is 27.9 Å². The fourth-order valence-electron chi connectivity index (χ4n) is 2.83. The van der Waals surface area contributed by atoms with Crippen LogP contribution in [0.5, 0.6) is 0 Å². The summed E-state index contributed by atoms with van der Waals surface area (Å²) in [4.78, 5) is 26.7. The predicted molar refractivity (Wildman–Crippen MR) is 116 cm³/mol. The molecule has 3 aromatic carbocycles. The Morgan fingerprint density at radius 3 is 2.21 bits per heavy atom. The van der Waals surface area contributed by atoms with Crippen LogP contribution < -0.4 is 4.90 Å². The van der Waals surface area contributed by atoms with Crippen molar-refractivity contribution in [3.8, 4) is 0 Å². The van der Waals surface area contributed by atoms with Crippen molar-refractivity contribution in [2.24, 2.45) is 0 Å². The fraction of sp³-hybridized carbons (Fsp3) is 0.130. The number of hydrogen-bond donors (Lipinski definition) is 0. The first-order valence-electron chi connectivity index (χ1n) is 9.07. The summed E-state index contributed by atoms with van der Waals surface area (Å²) >= 11 is 12.3. The predicted octanol–water partition coefficient (Wildman–Crippen LogP) is 6.02. The Bertz CT molecular complexity index is 1000. The molecule has 0 radical (unpaired) electrons. The summed E-state index contributed by atoms with van der Waals surface area (Å²) in [6.07, 6.45) is 0. The number of esters is 1. The van der Waals surface area contributed by atoms with Crippen molar-refractivity contribution in [2.75, 3.05) is 11.5 Å². The Morgan fingerprint density at radius 2 is 1.59 bits per heavy atom. The number of carbonyl (C=O) groups excluding carboxylic acids is 2. The highest BCUT2D eigenvalue weighted by molar-refractivity contribution is 6.35. The van der Waals surface area contributed by atoms with E-state index >= 15 is 0 Å². The van der Waals surface area contributed by atoms with Gasteiger partial charge in [0.25, 0.3) is 5.91 Å². The molecule has 0 saturated carbocycles. The Kier molecular flexibility index (Phi) is 6.91. The van der Waals surface area contributed by atoms with Gasteiger partial charge in [0.15, 0.2) is 0 Å². The molecule has 3 rings (SSSR count). The van der Waals surface area contributed by atoms with Crippen LogP contribution in [0.1, 0.15) is 33.2 Å². The van der Waals surface area contributed by atoms with Crippen molar-refractivity contribution in [1.82, 2.24) is 0 Å². The third-order valence-electron chi connectivity index (χ3n) is 4.30. The van der Waals surface area contributed by atoms with Crippen molar-refractivity contribution < 1.29 is 14.3 Å². The SMILES string of the molecule is CCOC(=O)c1ccc(N(Cc2ccc(Cl)cc2Cl)C(=O)c2ccccc2)cc1. The quantitative estimate of drug-likeness (QED) is 0.452. The summed E-state index contributed by atoms with van der Waals surface area (Å²) in [6, 6.07) is 20.9. The minimum absolute atomic E-state index is 0.180. The van der Waals surface area contributed by atoms with Crippen LogP contribution in [-0.4, -0.2) is 18.5 Å². The lowest BCUT2D eigenvalue weighted by atomic mass is 10.1. The molecule has 0 atom stereocenters. The molecule has 3 aromatic rings. The van der Waals surface area contributed by atoms with Crippen molar-refractivity contribution >= 4 is 40.8 Å². The molecular weight excluding hydrogens is 409 g/mol. The van der Waals surface area contributed by atoms with Crippen LogP contribution in [0.15, 0.2) is 72.8 Å². The van der Waals surface area contributed by atoms with Crippen LogP contribution in [0.2, 0.25) is 10.0 Å². The molecule has 29 heavy (non-hydrogen) atoms. The third-order valence-corrected chi connectivity index (χ3v) is 4.89. The molecule has 6 heteroatoms. The van der Waals surface area contributed by atoms with E-state index < -0.39 is 5.97 Å². The maximum Gasteiger partial charge on any atom is 0.338 e. The van der Waals surface area contributed by atoms with Crippen LogP contribution in [0.25, 0.3) is 0 Å². The van der Waals surface area contributed by atoms with Gasteiger partial charge in [0.2, 0.25) is 0 Å². The highest BCUT2D eigenvalue weighted by Crippen LogP contribution is 2.26. The molecule has 0 N–H and O–H groups in total. The van der Waals surface area contributed by atoms with Gasteiger partial charge in [-0.1, -0.05) is 47.5 Å². The van der Waals surface area contributed by atoms with E-state index in [9.17, 15) is 9.59 Å². The van der Waals surface area contributed by atoms with E-state index in [2.05, 4.69) is 0 Å². The highest BCUT2D eigenvalue weighted by atomic mass is 35.5. The number of amides is 1. The Hall–Kier alpha value is -2.82. The number of hydrogen-bond acceptors (Lipinski definition) is 3. The number of carbonyl (C=O) groups is 2. The topological polar surface area (TPSA) is 46.6 Å². The summed E-state index contributed by atoms with van der Waals surface area (Å²) in [7, 11) is 0. The van der Waals surface area contributed by atoms with Crippen LogP contribution in [-0.2, 0) is 11.3 Å². The molecule has 1 amide bonds. The normalized spacial score (nSPS) is 10.4. The monoisotopic (exact) mass is 427 g/mol. The molecule has 0 heterocycles. The van der Waals surface area contributed by atoms with Gasteiger partial charge in [0.05, 0.1) is 18.7 Å². The number of halogens is 2. The zero-order valence-corrected chi connectivity index (χ0v) is 17.3. The number of anilines is 1. The standard InChI is InChI=1S/C23H19Cl2NO3/c1-2-29-23(28)17-9-12-20(13-10-17)26(22(27)16-6-4-3-5-7-16)15-18-8-11-19(24)14-21(18)25/h3-14H,2,15H2,1H3. The fourth-order valence-corrected chi connectivity index (χ4v) is 3.30. The average molecular weight is 428 g/mol. The lowest BCUT2D eigenvalue weighted by Crippen LogP contribution is -2.30. The van der Waals surface area contributed by atoms with E-state index in [-0.39, 0.29) is 12.5 Å². The minimum Gasteiger partial charge on any atom is -0.462 e. The van der Waals surface area contributed by atoms with E-state index in [1.807, 2.05) is 18.2 Å². The number of nitrogens with zero attached hydrogens (tertiary/aromatic N) is 1. The molecule has 148 valence electrons. The maximum atomic E-state index is 13.2. The number of rotatable bonds is 6. The largest absolute Gasteiger partial charge is 0.462 e. The zero-order valence-electron chi connectivity index (χ0n) is 15.8. The molecule has 0 fully saturated rings. The van der Waals surface area contributed by atoms with E-state index in [1.165, 1.54) is 0 Å². The molecule has 0 bridgehead atoms. The zero-order chi connectivity index (χ0) is 20.8. The summed E-state index contributed by atoms with van der Waals surface area (Å²) < 4.78 is 5.02. The summed E-state index contributed by atoms with van der Waals surface area (Å²) in [5.41, 5.74) is 2.37. The van der Waals surface area contributed by atoms with Crippen molar-refractivity contribution in [3.05, 3.63) is 99.5 Å². The van der Waals surface area contributed by atoms with Gasteiger partial charge in [0.1, 0.15) is 0 Å². The molecule has 0 saturated heterocycles. The molecule has 0 unspecified atom stereocenters. The summed E-state index contributed by atoms with van der Waals surface area (Å²) in [5.74, 6) is -0.582. The molecule has 0 aromatic heterocycles. The maximum absolute atomic E-state index is 13.2. The number of benzene rings is 3. The first-order chi connectivity index (χ1) is 14.0. The van der Waals surface area contributed by atoms with Gasteiger partial charge in [-0.25, -0.2) is 4.79 Å². The van der Waals surface area contributed by atoms with Gasteiger partial charge in [-0.3, -0.25) is 4.79 Å². The smallest absolute Gasteiger partial charge is 0.338 e. The van der Waals surface area contributed by atoms with Crippen LogP contribution in [0.4, 0.5) is 5.69 Å². The Labute approximate surface area is 179 Å². The van der Waals surface area contributed by atoms with E-state index in [1.54, 1.807) is 66.4 Å². The van der Waals surface area contributed by atoms with Gasteiger partial charge in [-0.15, -0.1) is 0 Å².